The number of anilines is 1. The van der Waals surface area contributed by atoms with Crippen LogP contribution in [0.5, 0.6) is 0 Å². The van der Waals surface area contributed by atoms with E-state index in [2.05, 4.69) is 25.7 Å². The Labute approximate surface area is 214 Å². The number of nitrogens with one attached hydrogen (secondary N) is 3. The third kappa shape index (κ3) is 9.83. The molecule has 1 aromatic heterocycles. The van der Waals surface area contributed by atoms with Gasteiger partial charge in [-0.3, -0.25) is 24.5 Å². The molecule has 0 spiro atoms. The second-order valence-corrected chi connectivity index (χ2v) is 7.91. The van der Waals surface area contributed by atoms with Crippen LogP contribution in [0.2, 0.25) is 0 Å². The monoisotopic (exact) mass is 539 g/mol. The highest BCUT2D eigenvalue weighted by molar-refractivity contribution is 5.89. The number of ether oxygens (including phenoxy) is 1. The largest absolute Gasteiger partial charge is 0.491 e. The molecule has 0 aliphatic carbocycles. The third-order valence-corrected chi connectivity index (χ3v) is 4.97. The van der Waals surface area contributed by atoms with Crippen molar-refractivity contribution in [1.29, 1.82) is 0 Å². The molecule has 2 amide bonds. The fourth-order valence-corrected chi connectivity index (χ4v) is 3.11. The summed E-state index contributed by atoms with van der Waals surface area (Å²) in [5.74, 6) is -5.04. The molecule has 15 heteroatoms. The van der Waals surface area contributed by atoms with E-state index in [1.54, 1.807) is 24.4 Å². The van der Waals surface area contributed by atoms with Gasteiger partial charge in [-0.25, -0.2) is 9.78 Å². The Morgan fingerprint density at radius 1 is 1.13 bits per heavy atom. The van der Waals surface area contributed by atoms with E-state index in [0.717, 1.165) is 6.07 Å². The average Bonchev–Trinajstić information content (AvgIpc) is 2.85. The first kappa shape index (κ1) is 29.7. The summed E-state index contributed by atoms with van der Waals surface area (Å²) >= 11 is 0. The summed E-state index contributed by atoms with van der Waals surface area (Å²) in [4.78, 5) is 62.0. The number of halogens is 3. The lowest BCUT2D eigenvalue weighted by atomic mass is 10.0. The average molecular weight is 539 g/mol. The Kier molecular flexibility index (Phi) is 10.7. The molecule has 0 bridgehead atoms. The molecule has 2 aromatic rings. The van der Waals surface area contributed by atoms with Crippen molar-refractivity contribution in [2.24, 2.45) is 0 Å². The minimum Gasteiger partial charge on any atom is -0.386 e. The summed E-state index contributed by atoms with van der Waals surface area (Å²) in [6, 6.07) is 7.56. The number of hydrogen-bond acceptors (Lipinski definition) is 9. The predicted octanol–water partition coefficient (Wildman–Crippen LogP) is 2.49. The van der Waals surface area contributed by atoms with Gasteiger partial charge >= 0.3 is 18.1 Å². The molecule has 1 unspecified atom stereocenters. The van der Waals surface area contributed by atoms with Crippen LogP contribution in [-0.4, -0.2) is 52.9 Å². The van der Waals surface area contributed by atoms with Crippen LogP contribution in [0.3, 0.4) is 0 Å². The molecule has 0 saturated heterocycles. The second-order valence-electron chi connectivity index (χ2n) is 7.91. The molecule has 1 aromatic carbocycles. The molecule has 3 N–H and O–H groups in total. The normalized spacial score (nSPS) is 11.7. The first-order chi connectivity index (χ1) is 17.9. The fraction of sp³-hybridized carbons (Fsp3) is 0.348. The van der Waals surface area contributed by atoms with E-state index in [0.29, 0.717) is 18.8 Å². The number of amides is 2. The Hall–Kier alpha value is -4.56. The van der Waals surface area contributed by atoms with E-state index >= 15 is 0 Å². The van der Waals surface area contributed by atoms with Crippen molar-refractivity contribution in [2.75, 3.05) is 18.4 Å². The second kappa shape index (κ2) is 13.7. The van der Waals surface area contributed by atoms with Crippen molar-refractivity contribution >= 4 is 35.3 Å². The lowest BCUT2D eigenvalue weighted by Gasteiger charge is -2.19. The maximum atomic E-state index is 12.4. The van der Waals surface area contributed by atoms with Crippen LogP contribution >= 0.6 is 0 Å². The number of alkyl halides is 3. The number of hydrogen-bond donors (Lipinski definition) is 3. The number of pyridine rings is 1. The number of esters is 2. The molecule has 38 heavy (non-hydrogen) atoms. The molecule has 1 heterocycles. The van der Waals surface area contributed by atoms with E-state index in [-0.39, 0.29) is 23.2 Å². The maximum Gasteiger partial charge on any atom is 0.491 e. The molecule has 2 rings (SSSR count). The van der Waals surface area contributed by atoms with Crippen LogP contribution in [-0.2, 0) is 23.9 Å². The maximum absolute atomic E-state index is 12.4. The Bertz CT molecular complexity index is 1180. The highest BCUT2D eigenvalue weighted by Gasteiger charge is 2.42. The summed E-state index contributed by atoms with van der Waals surface area (Å²) in [5.41, 5.74) is -0.114. The molecular formula is C23H24F3N5O7. The zero-order chi connectivity index (χ0) is 28.3. The Balaban J connectivity index is 1.98. The van der Waals surface area contributed by atoms with Crippen LogP contribution in [0.1, 0.15) is 36.4 Å². The van der Waals surface area contributed by atoms with Gasteiger partial charge in [0.15, 0.2) is 0 Å². The number of benzene rings is 1. The highest BCUT2D eigenvalue weighted by atomic mass is 19.4. The van der Waals surface area contributed by atoms with Crippen LogP contribution in [0.25, 0.3) is 0 Å². The molecular weight excluding hydrogens is 515 g/mol. The van der Waals surface area contributed by atoms with Gasteiger partial charge in [0, 0.05) is 30.8 Å². The van der Waals surface area contributed by atoms with Crippen molar-refractivity contribution in [3.8, 4) is 0 Å². The molecule has 0 radical (unpaired) electrons. The van der Waals surface area contributed by atoms with E-state index < -0.39 is 53.9 Å². The number of carbonyl (C=O) groups is 4. The van der Waals surface area contributed by atoms with Crippen LogP contribution in [0, 0.1) is 17.0 Å². The topological polar surface area (TPSA) is 170 Å². The predicted molar refractivity (Wildman–Crippen MR) is 125 cm³/mol. The van der Waals surface area contributed by atoms with Crippen molar-refractivity contribution in [3.63, 3.8) is 0 Å². The van der Waals surface area contributed by atoms with E-state index in [4.69, 9.17) is 0 Å². The number of carbonyl (C=O) groups excluding carboxylic acids is 4. The smallest absolute Gasteiger partial charge is 0.386 e. The van der Waals surface area contributed by atoms with Crippen molar-refractivity contribution in [2.45, 2.75) is 38.4 Å². The summed E-state index contributed by atoms with van der Waals surface area (Å²) in [6.07, 6.45) is -4.29. The molecule has 0 aliphatic rings. The summed E-state index contributed by atoms with van der Waals surface area (Å²) in [7, 11) is 0. The lowest BCUT2D eigenvalue weighted by molar-refractivity contribution is -0.385. The Morgan fingerprint density at radius 3 is 2.50 bits per heavy atom. The number of nitrogens with zero attached hydrogens (tertiary/aromatic N) is 2. The number of aromatic nitrogens is 1. The van der Waals surface area contributed by atoms with Crippen molar-refractivity contribution in [1.82, 2.24) is 15.6 Å². The van der Waals surface area contributed by atoms with E-state index in [1.165, 1.54) is 19.1 Å². The summed E-state index contributed by atoms with van der Waals surface area (Å²) < 4.78 is 41.0. The molecule has 0 saturated carbocycles. The molecule has 0 aliphatic heterocycles. The quantitative estimate of drug-likeness (QED) is 0.121. The van der Waals surface area contributed by atoms with Crippen LogP contribution < -0.4 is 16.0 Å². The Morgan fingerprint density at radius 2 is 1.87 bits per heavy atom. The SMILES string of the molecule is Cc1ccc(C(CC(=O)OC(=O)C(F)(F)F)NC(=O)CNC(=O)CCCNc2ccccn2)cc1[N+](=O)[O-]. The number of aryl methyl sites for hydroxylation is 1. The van der Waals surface area contributed by atoms with Crippen molar-refractivity contribution < 1.29 is 42.0 Å². The standard InChI is InChI=1S/C23H24F3N5O7/c1-14-7-8-15(11-17(14)31(36)37)16(12-21(34)38-22(35)23(24,25)26)30-20(33)13-29-19(32)6-4-10-28-18-5-2-3-9-27-18/h2-3,5,7-9,11,16H,4,6,10,12-13H2,1H3,(H,27,28)(H,29,32)(H,30,33). The first-order valence-electron chi connectivity index (χ1n) is 11.1. The van der Waals surface area contributed by atoms with Gasteiger partial charge in [-0.1, -0.05) is 18.2 Å². The molecule has 204 valence electrons. The zero-order valence-corrected chi connectivity index (χ0v) is 20.0. The highest BCUT2D eigenvalue weighted by Crippen LogP contribution is 2.26. The van der Waals surface area contributed by atoms with Gasteiger partial charge in [0.2, 0.25) is 11.8 Å². The van der Waals surface area contributed by atoms with Gasteiger partial charge in [0.1, 0.15) is 5.82 Å². The van der Waals surface area contributed by atoms with Crippen LogP contribution in [0.4, 0.5) is 24.7 Å². The van der Waals surface area contributed by atoms with Crippen LogP contribution in [0.15, 0.2) is 42.6 Å². The first-order valence-corrected chi connectivity index (χ1v) is 11.1. The minimum atomic E-state index is -5.42. The van der Waals surface area contributed by atoms with Gasteiger partial charge in [0.05, 0.1) is 23.9 Å². The van der Waals surface area contributed by atoms with E-state index in [9.17, 15) is 42.5 Å². The van der Waals surface area contributed by atoms with E-state index in [1.807, 2.05) is 0 Å². The lowest BCUT2D eigenvalue weighted by Crippen LogP contribution is -2.39. The van der Waals surface area contributed by atoms with Gasteiger partial charge in [-0.2, -0.15) is 13.2 Å². The van der Waals surface area contributed by atoms with Gasteiger partial charge in [-0.15, -0.1) is 0 Å². The third-order valence-electron chi connectivity index (χ3n) is 4.97. The van der Waals surface area contributed by atoms with Gasteiger partial charge in [-0.05, 0) is 31.0 Å². The van der Waals surface area contributed by atoms with Gasteiger partial charge in [0.25, 0.3) is 5.69 Å². The number of nitro benzene ring substituents is 1. The molecule has 12 nitrogen and oxygen atoms in total. The molecule has 0 fully saturated rings. The van der Waals surface area contributed by atoms with Gasteiger partial charge < -0.3 is 20.7 Å². The molecule has 1 atom stereocenters. The summed E-state index contributed by atoms with van der Waals surface area (Å²) in [6.45, 7) is 1.32. The number of rotatable bonds is 12. The fourth-order valence-electron chi connectivity index (χ4n) is 3.11. The minimum absolute atomic E-state index is 0.000944. The zero-order valence-electron chi connectivity index (χ0n) is 20.0. The van der Waals surface area contributed by atoms with Crippen molar-refractivity contribution in [3.05, 3.63) is 63.8 Å². The number of nitro groups is 1. The summed E-state index contributed by atoms with van der Waals surface area (Å²) in [5, 5.41) is 19.0.